The van der Waals surface area contributed by atoms with E-state index in [-0.39, 0.29) is 0 Å². The van der Waals surface area contributed by atoms with Crippen LogP contribution in [0.3, 0.4) is 0 Å². The van der Waals surface area contributed by atoms with E-state index in [0.29, 0.717) is 0 Å². The minimum atomic E-state index is -3.65. The van der Waals surface area contributed by atoms with Crippen molar-refractivity contribution in [2.24, 2.45) is 5.16 Å². The van der Waals surface area contributed by atoms with Crippen LogP contribution in [0.4, 0.5) is 0 Å². The molecule has 0 aliphatic heterocycles. The molecule has 0 radical (unpaired) electrons. The Morgan fingerprint density at radius 3 is 1.65 bits per heavy atom. The van der Waals surface area contributed by atoms with Crippen molar-refractivity contribution in [1.29, 1.82) is 0 Å². The number of hydrogen-bond acceptors (Lipinski definition) is 11. The van der Waals surface area contributed by atoms with Crippen LogP contribution in [0, 0.1) is 0 Å². The third-order valence-corrected chi connectivity index (χ3v) is 3.39. The van der Waals surface area contributed by atoms with Gasteiger partial charge in [-0.25, -0.2) is 16.8 Å². The van der Waals surface area contributed by atoms with Gasteiger partial charge < -0.3 is 14.7 Å². The third-order valence-electron chi connectivity index (χ3n) is 1.87. The topological polar surface area (TPSA) is 171 Å². The number of hydrogen-bond donors (Lipinski definition) is 1. The first kappa shape index (κ1) is 21.0. The lowest BCUT2D eigenvalue weighted by atomic mass is 10.3. The largest absolute Gasteiger partial charge is 0.408 e. The summed E-state index contributed by atoms with van der Waals surface area (Å²) in [4.78, 5) is 33.5. The summed E-state index contributed by atoms with van der Waals surface area (Å²) in [5.41, 5.74) is 0. The average molecular weight is 373 g/mol. The van der Waals surface area contributed by atoms with Crippen molar-refractivity contribution in [3.05, 3.63) is 0 Å². The second-order valence-electron chi connectivity index (χ2n) is 4.45. The van der Waals surface area contributed by atoms with Crippen LogP contribution in [-0.4, -0.2) is 69.9 Å². The summed E-state index contributed by atoms with van der Waals surface area (Å²) >= 11 is 0. The molecule has 132 valence electrons. The van der Waals surface area contributed by atoms with Gasteiger partial charge in [-0.15, -0.1) is 0 Å². The third kappa shape index (κ3) is 12.2. The fourth-order valence-corrected chi connectivity index (χ4v) is 2.10. The van der Waals surface area contributed by atoms with Crippen LogP contribution in [0.1, 0.15) is 12.8 Å². The zero-order valence-electron chi connectivity index (χ0n) is 12.2. The van der Waals surface area contributed by atoms with E-state index < -0.39 is 67.8 Å². The minimum absolute atomic E-state index is 0.475. The van der Waals surface area contributed by atoms with E-state index in [1.54, 1.807) is 0 Å². The fourth-order valence-electron chi connectivity index (χ4n) is 1.13. The second-order valence-corrected chi connectivity index (χ2v) is 8.73. The van der Waals surface area contributed by atoms with Crippen LogP contribution >= 0.6 is 0 Å². The number of carbonyl (C=O) groups excluding carboxylic acids is 3. The number of sulfone groups is 2. The van der Waals surface area contributed by atoms with Crippen LogP contribution < -0.4 is 0 Å². The van der Waals surface area contributed by atoms with Crippen molar-refractivity contribution in [2.75, 3.05) is 24.0 Å². The quantitative estimate of drug-likeness (QED) is 0.135. The Labute approximate surface area is 132 Å². The Hall–Kier alpha value is -2.02. The summed E-state index contributed by atoms with van der Waals surface area (Å²) in [6.45, 7) is 0. The van der Waals surface area contributed by atoms with Gasteiger partial charge in [0.2, 0.25) is 5.90 Å². The molecular weight excluding hydrogens is 358 g/mol. The first-order valence-electron chi connectivity index (χ1n) is 5.83. The van der Waals surface area contributed by atoms with E-state index in [9.17, 15) is 31.2 Å². The SMILES string of the molecule is CS(=O)(=O)CC(=O)OC(=O)CC/C(=N/O)OC(=O)CS(C)(=O)=O. The fraction of sp³-hybridized carbons (Fsp3) is 0.600. The standard InChI is InChI=1S/C10H15NO10S2/c1-22(16,17)5-9(13)20-7(11-15)3-4-8(12)21-10(14)6-23(2,18)19/h15H,3-6H2,1-2H3/b11-7-. The van der Waals surface area contributed by atoms with Crippen LogP contribution in [0.2, 0.25) is 0 Å². The molecule has 0 bridgehead atoms. The Kier molecular flexibility index (Phi) is 7.82. The van der Waals surface area contributed by atoms with Gasteiger partial charge in [-0.05, 0) is 0 Å². The van der Waals surface area contributed by atoms with E-state index >= 15 is 0 Å². The predicted molar refractivity (Wildman–Crippen MR) is 75.1 cm³/mol. The smallest absolute Gasteiger partial charge is 0.328 e. The second kappa shape index (κ2) is 8.57. The highest BCUT2D eigenvalue weighted by molar-refractivity contribution is 7.91. The van der Waals surface area contributed by atoms with Gasteiger partial charge in [0, 0.05) is 18.9 Å². The first-order chi connectivity index (χ1) is 10.3. The van der Waals surface area contributed by atoms with Crippen LogP contribution in [0.15, 0.2) is 5.16 Å². The van der Waals surface area contributed by atoms with Crippen molar-refractivity contribution >= 4 is 43.5 Å². The molecule has 0 heterocycles. The molecule has 0 saturated carbocycles. The maximum Gasteiger partial charge on any atom is 0.328 e. The minimum Gasteiger partial charge on any atom is -0.408 e. The molecule has 11 nitrogen and oxygen atoms in total. The van der Waals surface area contributed by atoms with Gasteiger partial charge in [0.25, 0.3) is 0 Å². The van der Waals surface area contributed by atoms with Crippen molar-refractivity contribution in [3.63, 3.8) is 0 Å². The summed E-state index contributed by atoms with van der Waals surface area (Å²) in [5.74, 6) is -6.24. The molecule has 1 N–H and O–H groups in total. The molecular formula is C10H15NO10S2. The molecule has 0 amide bonds. The zero-order valence-corrected chi connectivity index (χ0v) is 13.8. The molecule has 0 aliphatic rings. The van der Waals surface area contributed by atoms with E-state index in [2.05, 4.69) is 14.6 Å². The monoisotopic (exact) mass is 373 g/mol. The van der Waals surface area contributed by atoms with Crippen LogP contribution in [-0.2, 0) is 43.5 Å². The molecule has 0 atom stereocenters. The molecule has 0 aromatic rings. The van der Waals surface area contributed by atoms with Gasteiger partial charge in [0.05, 0.1) is 6.42 Å². The molecule has 0 rings (SSSR count). The predicted octanol–water partition coefficient (Wildman–Crippen LogP) is -1.74. The maximum absolute atomic E-state index is 11.3. The van der Waals surface area contributed by atoms with E-state index in [4.69, 9.17) is 5.21 Å². The van der Waals surface area contributed by atoms with E-state index in [0.717, 1.165) is 12.5 Å². The number of ether oxygens (including phenoxy) is 2. The molecule has 0 aromatic carbocycles. The summed E-state index contributed by atoms with van der Waals surface area (Å²) in [6, 6.07) is 0. The zero-order chi connectivity index (χ0) is 18.3. The lowest BCUT2D eigenvalue weighted by Gasteiger charge is -2.05. The lowest BCUT2D eigenvalue weighted by molar-refractivity contribution is -0.157. The summed E-state index contributed by atoms with van der Waals surface area (Å²) in [7, 11) is -7.30. The Morgan fingerprint density at radius 1 is 0.826 bits per heavy atom. The Balaban J connectivity index is 4.39. The number of esters is 3. The van der Waals surface area contributed by atoms with E-state index in [1.807, 2.05) is 0 Å². The van der Waals surface area contributed by atoms with Crippen LogP contribution in [0.25, 0.3) is 0 Å². The van der Waals surface area contributed by atoms with Gasteiger partial charge in [-0.3, -0.25) is 14.4 Å². The van der Waals surface area contributed by atoms with E-state index in [1.165, 1.54) is 0 Å². The lowest BCUT2D eigenvalue weighted by Crippen LogP contribution is -2.23. The first-order valence-corrected chi connectivity index (χ1v) is 9.95. The molecule has 23 heavy (non-hydrogen) atoms. The number of oxime groups is 1. The summed E-state index contributed by atoms with van der Waals surface area (Å²) in [5, 5.41) is 11.1. The van der Waals surface area contributed by atoms with Gasteiger partial charge in [0.15, 0.2) is 19.7 Å². The highest BCUT2D eigenvalue weighted by Gasteiger charge is 2.19. The molecule has 0 spiro atoms. The van der Waals surface area contributed by atoms with Gasteiger partial charge >= 0.3 is 17.9 Å². The normalized spacial score (nSPS) is 12.5. The molecule has 0 saturated heterocycles. The number of carbonyl (C=O) groups is 3. The highest BCUT2D eigenvalue weighted by Crippen LogP contribution is 2.01. The summed E-state index contributed by atoms with van der Waals surface area (Å²) in [6.07, 6.45) is 0.517. The Bertz CT molecular complexity index is 704. The highest BCUT2D eigenvalue weighted by atomic mass is 32.2. The number of rotatable bonds is 7. The maximum atomic E-state index is 11.3. The van der Waals surface area contributed by atoms with Crippen molar-refractivity contribution in [1.82, 2.24) is 0 Å². The molecule has 13 heteroatoms. The molecule has 0 unspecified atom stereocenters. The van der Waals surface area contributed by atoms with Crippen molar-refractivity contribution in [2.45, 2.75) is 12.8 Å². The van der Waals surface area contributed by atoms with Gasteiger partial charge in [0.1, 0.15) is 11.5 Å². The molecule has 0 fully saturated rings. The average Bonchev–Trinajstić information content (AvgIpc) is 2.29. The van der Waals surface area contributed by atoms with Gasteiger partial charge in [-0.1, -0.05) is 5.16 Å². The molecule has 0 aromatic heterocycles. The van der Waals surface area contributed by atoms with Crippen molar-refractivity contribution in [3.8, 4) is 0 Å². The Morgan fingerprint density at radius 2 is 1.26 bits per heavy atom. The molecule has 0 aliphatic carbocycles. The van der Waals surface area contributed by atoms with Gasteiger partial charge in [-0.2, -0.15) is 0 Å². The number of nitrogens with zero attached hydrogens (tertiary/aromatic N) is 1. The van der Waals surface area contributed by atoms with Crippen molar-refractivity contribution < 1.29 is 45.9 Å². The summed E-state index contributed by atoms with van der Waals surface area (Å²) < 4.78 is 51.9. The van der Waals surface area contributed by atoms with Crippen LogP contribution in [0.5, 0.6) is 0 Å².